The quantitative estimate of drug-likeness (QED) is 0.663. The zero-order valence-corrected chi connectivity index (χ0v) is 15.9. The van der Waals surface area contributed by atoms with Crippen molar-refractivity contribution in [1.82, 2.24) is 4.98 Å². The van der Waals surface area contributed by atoms with Crippen LogP contribution < -0.4 is 20.1 Å². The van der Waals surface area contributed by atoms with Gasteiger partial charge in [-0.3, -0.25) is 14.4 Å². The number of ketones is 1. The molecule has 0 spiro atoms. The minimum absolute atomic E-state index is 0.146. The van der Waals surface area contributed by atoms with Crippen molar-refractivity contribution in [1.29, 1.82) is 0 Å². The number of anilines is 1. The van der Waals surface area contributed by atoms with Gasteiger partial charge in [0, 0.05) is 29.3 Å². The van der Waals surface area contributed by atoms with Gasteiger partial charge in [-0.1, -0.05) is 23.7 Å². The Hall–Kier alpha value is -2.96. The monoisotopic (exact) mass is 398 g/mol. The van der Waals surface area contributed by atoms with Crippen molar-refractivity contribution in [3.63, 3.8) is 0 Å². The molecule has 7 heteroatoms. The van der Waals surface area contributed by atoms with Gasteiger partial charge in [0.15, 0.2) is 5.78 Å². The molecule has 0 atom stereocenters. The zero-order valence-electron chi connectivity index (χ0n) is 14.3. The van der Waals surface area contributed by atoms with E-state index in [0.29, 0.717) is 25.5 Å². The summed E-state index contributed by atoms with van der Waals surface area (Å²) in [6, 6.07) is 13.7. The van der Waals surface area contributed by atoms with Crippen molar-refractivity contribution in [2.75, 3.05) is 5.32 Å². The van der Waals surface area contributed by atoms with E-state index in [1.165, 1.54) is 24.3 Å². The fourth-order valence-corrected chi connectivity index (χ4v) is 3.37. The lowest BCUT2D eigenvalue weighted by molar-refractivity contribution is -0.114. The fourth-order valence-electron chi connectivity index (χ4n) is 2.36. The van der Waals surface area contributed by atoms with E-state index in [2.05, 4.69) is 10.3 Å². The van der Waals surface area contributed by atoms with E-state index in [4.69, 9.17) is 11.6 Å². The topological polar surface area (TPSA) is 79.0 Å². The summed E-state index contributed by atoms with van der Waals surface area (Å²) in [5, 5.41) is 3.24. The van der Waals surface area contributed by atoms with Crippen LogP contribution in [-0.2, 0) is 4.79 Å². The number of thiazole rings is 1. The van der Waals surface area contributed by atoms with E-state index in [-0.39, 0.29) is 17.2 Å². The third-order valence-corrected chi connectivity index (χ3v) is 4.82. The van der Waals surface area contributed by atoms with Gasteiger partial charge < -0.3 is 10.3 Å². The molecule has 1 aromatic heterocycles. The predicted molar refractivity (Wildman–Crippen MR) is 109 cm³/mol. The number of hydrogen-bond donors (Lipinski definition) is 2. The van der Waals surface area contributed by atoms with E-state index >= 15 is 0 Å². The third kappa shape index (κ3) is 5.03. The summed E-state index contributed by atoms with van der Waals surface area (Å²) in [5.41, 5.74) is 1.73. The summed E-state index contributed by atoms with van der Waals surface area (Å²) >= 11 is 7.02. The van der Waals surface area contributed by atoms with Crippen LogP contribution in [-0.4, -0.2) is 16.7 Å². The molecule has 27 heavy (non-hydrogen) atoms. The number of Topliss-reactive ketones (excluding diaryl/α,β-unsaturated/α-hetero) is 1. The second kappa shape index (κ2) is 8.16. The minimum Gasteiger partial charge on any atom is -0.326 e. The molecule has 0 saturated carbocycles. The zero-order chi connectivity index (χ0) is 19.4. The number of nitrogens with one attached hydrogen (secondary N) is 2. The van der Waals surface area contributed by atoms with E-state index < -0.39 is 0 Å². The Balaban J connectivity index is 1.88. The average molecular weight is 399 g/mol. The lowest BCUT2D eigenvalue weighted by atomic mass is 10.1. The van der Waals surface area contributed by atoms with Crippen LogP contribution in [0.3, 0.4) is 0 Å². The van der Waals surface area contributed by atoms with Crippen molar-refractivity contribution in [3.05, 3.63) is 84.2 Å². The van der Waals surface area contributed by atoms with E-state index in [1.54, 1.807) is 54.6 Å². The van der Waals surface area contributed by atoms with Crippen molar-refractivity contribution < 1.29 is 9.59 Å². The van der Waals surface area contributed by atoms with Crippen LogP contribution in [0.15, 0.2) is 53.3 Å². The number of amides is 1. The Morgan fingerprint density at radius 2 is 1.74 bits per heavy atom. The van der Waals surface area contributed by atoms with E-state index in [1.807, 2.05) is 0 Å². The third-order valence-electron chi connectivity index (χ3n) is 3.60. The summed E-state index contributed by atoms with van der Waals surface area (Å²) in [5.74, 6) is -0.359. The van der Waals surface area contributed by atoms with Crippen molar-refractivity contribution >= 4 is 52.5 Å². The first-order valence-corrected chi connectivity index (χ1v) is 9.20. The van der Waals surface area contributed by atoms with Crippen LogP contribution in [0.2, 0.25) is 5.02 Å². The molecule has 0 aliphatic heterocycles. The summed E-state index contributed by atoms with van der Waals surface area (Å²) < 4.78 is 0.957. The van der Waals surface area contributed by atoms with Gasteiger partial charge in [0.05, 0.1) is 9.20 Å². The normalized spacial score (nSPS) is 12.2. The van der Waals surface area contributed by atoms with Crippen LogP contribution >= 0.6 is 22.9 Å². The molecule has 0 bridgehead atoms. The molecular weight excluding hydrogens is 384 g/mol. The summed E-state index contributed by atoms with van der Waals surface area (Å²) in [7, 11) is 0. The first kappa shape index (κ1) is 18.8. The van der Waals surface area contributed by atoms with Crippen LogP contribution in [0.5, 0.6) is 0 Å². The number of hydrogen-bond acceptors (Lipinski definition) is 4. The smallest absolute Gasteiger partial charge is 0.266 e. The molecule has 2 N–H and O–H groups in total. The maximum absolute atomic E-state index is 12.3. The molecule has 1 heterocycles. The first-order valence-electron chi connectivity index (χ1n) is 8.01. The Morgan fingerprint density at radius 1 is 1.07 bits per heavy atom. The molecule has 3 rings (SSSR count). The molecule has 0 saturated heterocycles. The first-order chi connectivity index (χ1) is 12.9. The molecule has 0 aliphatic carbocycles. The van der Waals surface area contributed by atoms with Gasteiger partial charge in [-0.25, -0.2) is 0 Å². The van der Waals surface area contributed by atoms with Gasteiger partial charge in [0.25, 0.3) is 5.56 Å². The Kier molecular flexibility index (Phi) is 5.69. The number of benzene rings is 2. The molecular formula is C20H15ClN2O3S. The van der Waals surface area contributed by atoms with Crippen LogP contribution in [0.4, 0.5) is 5.69 Å². The number of halogens is 1. The van der Waals surface area contributed by atoms with Crippen molar-refractivity contribution in [3.8, 4) is 0 Å². The van der Waals surface area contributed by atoms with Gasteiger partial charge in [0.2, 0.25) is 5.91 Å². The average Bonchev–Trinajstić information content (AvgIpc) is 2.96. The Bertz CT molecular complexity index is 1160. The molecule has 5 nitrogen and oxygen atoms in total. The Morgan fingerprint density at radius 3 is 2.37 bits per heavy atom. The second-order valence-electron chi connectivity index (χ2n) is 5.75. The predicted octanol–water partition coefficient (Wildman–Crippen LogP) is 2.54. The molecule has 0 fully saturated rings. The van der Waals surface area contributed by atoms with E-state index in [0.717, 1.165) is 5.56 Å². The van der Waals surface area contributed by atoms with Crippen LogP contribution in [0.25, 0.3) is 12.2 Å². The van der Waals surface area contributed by atoms with Crippen molar-refractivity contribution in [2.45, 2.75) is 6.92 Å². The summed E-state index contributed by atoms with van der Waals surface area (Å²) in [4.78, 5) is 38.1. The molecule has 1 amide bonds. The minimum atomic E-state index is -0.263. The van der Waals surface area contributed by atoms with Crippen LogP contribution in [0, 0.1) is 0 Å². The van der Waals surface area contributed by atoms with Gasteiger partial charge >= 0.3 is 0 Å². The number of carbonyl (C=O) groups excluding carboxylic acids is 2. The molecule has 136 valence electrons. The SMILES string of the molecule is CC(=O)Nc1ccc(/C=c2\s/c(=C\C(=O)c3ccc(Cl)cc3)[nH]c2=O)cc1. The maximum Gasteiger partial charge on any atom is 0.266 e. The lowest BCUT2D eigenvalue weighted by Gasteiger charge is -2.01. The van der Waals surface area contributed by atoms with Gasteiger partial charge in [-0.15, -0.1) is 11.3 Å². The lowest BCUT2D eigenvalue weighted by Crippen LogP contribution is -2.20. The highest BCUT2D eigenvalue weighted by atomic mass is 35.5. The molecule has 0 aliphatic rings. The van der Waals surface area contributed by atoms with Gasteiger partial charge in [-0.2, -0.15) is 0 Å². The number of aromatic nitrogens is 1. The largest absolute Gasteiger partial charge is 0.326 e. The Labute approximate surface area is 163 Å². The van der Waals surface area contributed by atoms with E-state index in [9.17, 15) is 14.4 Å². The molecule has 3 aromatic rings. The highest BCUT2D eigenvalue weighted by Crippen LogP contribution is 2.11. The van der Waals surface area contributed by atoms with Crippen LogP contribution in [0.1, 0.15) is 22.8 Å². The van der Waals surface area contributed by atoms with Gasteiger partial charge in [0.1, 0.15) is 0 Å². The molecule has 0 radical (unpaired) electrons. The summed E-state index contributed by atoms with van der Waals surface area (Å²) in [6.45, 7) is 1.44. The number of rotatable bonds is 4. The number of H-pyrrole nitrogens is 1. The van der Waals surface area contributed by atoms with Crippen molar-refractivity contribution in [2.24, 2.45) is 0 Å². The fraction of sp³-hybridized carbons (Fsp3) is 0.0500. The number of aromatic amines is 1. The summed E-state index contributed by atoms with van der Waals surface area (Å²) in [6.07, 6.45) is 3.12. The molecule has 0 unspecified atom stereocenters. The highest BCUT2D eigenvalue weighted by molar-refractivity contribution is 7.07. The molecule has 2 aromatic carbocycles. The van der Waals surface area contributed by atoms with Gasteiger partial charge in [-0.05, 0) is 48.0 Å². The maximum atomic E-state index is 12.3. The standard InChI is InChI=1S/C20H15ClN2O3S/c1-12(24)22-16-8-2-13(3-9-16)10-18-20(26)23-19(27-18)11-17(25)14-4-6-15(21)7-5-14/h2-11H,1H3,(H,22,24)(H,23,26)/b18-10-,19-11-. The number of carbonyl (C=O) groups is 2. The second-order valence-corrected chi connectivity index (χ2v) is 7.27. The highest BCUT2D eigenvalue weighted by Gasteiger charge is 2.03.